The van der Waals surface area contributed by atoms with Crippen LogP contribution in [-0.4, -0.2) is 74.9 Å². The van der Waals surface area contributed by atoms with Gasteiger partial charge in [0.15, 0.2) is 6.10 Å². The molecule has 0 aromatic heterocycles. The van der Waals surface area contributed by atoms with Gasteiger partial charge < -0.3 is 18.9 Å². The van der Waals surface area contributed by atoms with Crippen LogP contribution >= 0.6 is 7.82 Å². The summed E-state index contributed by atoms with van der Waals surface area (Å²) >= 11 is 0. The lowest BCUT2D eigenvalue weighted by Crippen LogP contribution is -2.37. The maximum Gasteiger partial charge on any atom is 0.472 e. The van der Waals surface area contributed by atoms with E-state index < -0.39 is 26.5 Å². The molecule has 0 saturated carbocycles. The molecular weight excluding hydrogens is 1040 g/mol. The Kier molecular flexibility index (Phi) is 58.8. The predicted molar refractivity (Wildman–Crippen MR) is 353 cm³/mol. The van der Waals surface area contributed by atoms with Crippen LogP contribution in [0, 0.1) is 0 Å². The lowest BCUT2D eigenvalue weighted by molar-refractivity contribution is -0.870. The lowest BCUT2D eigenvalue weighted by atomic mass is 10.0. The van der Waals surface area contributed by atoms with Gasteiger partial charge in [-0.1, -0.05) is 270 Å². The molecule has 1 N–H and O–H groups in total. The number of unbranched alkanes of at least 4 members (excludes halogenated alkanes) is 23. The second kappa shape index (κ2) is 61.7. The zero-order valence-electron chi connectivity index (χ0n) is 53.2. The third-order valence-electron chi connectivity index (χ3n) is 13.7. The highest BCUT2D eigenvalue weighted by molar-refractivity contribution is 7.47. The van der Waals surface area contributed by atoms with Gasteiger partial charge in [-0.25, -0.2) is 4.57 Å². The molecule has 9 nitrogen and oxygen atoms in total. The summed E-state index contributed by atoms with van der Waals surface area (Å²) in [5.41, 5.74) is 0. The Morgan fingerprint density at radius 3 is 0.976 bits per heavy atom. The second-order valence-corrected chi connectivity index (χ2v) is 24.2. The van der Waals surface area contributed by atoms with E-state index in [0.717, 1.165) is 122 Å². The Morgan fingerprint density at radius 2 is 0.659 bits per heavy atom. The zero-order valence-corrected chi connectivity index (χ0v) is 54.1. The quantitative estimate of drug-likeness (QED) is 0.0211. The van der Waals surface area contributed by atoms with Crippen molar-refractivity contribution in [2.75, 3.05) is 47.5 Å². The number of carbonyl (C=O) groups is 2. The number of likely N-dealkylation sites (N-methyl/N-ethyl adjacent to an activating group) is 1. The van der Waals surface area contributed by atoms with Gasteiger partial charge in [0.1, 0.15) is 19.8 Å². The van der Waals surface area contributed by atoms with Gasteiger partial charge in [-0.05, 0) is 109 Å². The van der Waals surface area contributed by atoms with Crippen LogP contribution in [-0.2, 0) is 32.7 Å². The van der Waals surface area contributed by atoms with Crippen molar-refractivity contribution in [3.05, 3.63) is 134 Å². The van der Waals surface area contributed by atoms with Gasteiger partial charge in [-0.15, -0.1) is 0 Å². The van der Waals surface area contributed by atoms with Gasteiger partial charge in [0.25, 0.3) is 0 Å². The van der Waals surface area contributed by atoms with Crippen molar-refractivity contribution in [2.45, 2.75) is 264 Å². The Morgan fingerprint density at radius 1 is 0.378 bits per heavy atom. The number of rotatable bonds is 59. The Bertz CT molecular complexity index is 1850. The highest BCUT2D eigenvalue weighted by Gasteiger charge is 2.27. The van der Waals surface area contributed by atoms with Crippen LogP contribution in [0.4, 0.5) is 0 Å². The van der Waals surface area contributed by atoms with Crippen molar-refractivity contribution < 1.29 is 42.1 Å². The molecule has 82 heavy (non-hydrogen) atoms. The number of ether oxygens (including phenoxy) is 2. The van der Waals surface area contributed by atoms with Gasteiger partial charge in [-0.3, -0.25) is 18.6 Å². The number of phosphoric acid groups is 1. The number of carbonyl (C=O) groups excluding carboxylic acids is 2. The predicted octanol–water partition coefficient (Wildman–Crippen LogP) is 21.3. The molecule has 0 aliphatic rings. The summed E-state index contributed by atoms with van der Waals surface area (Å²) in [4.78, 5) is 35.8. The standard InChI is InChI=1S/C72H122NO8P/c1-6-8-10-12-14-16-18-20-22-24-26-28-29-30-31-32-33-34-35-36-37-38-39-40-41-42-43-45-47-49-51-53-55-57-59-61-63-65-72(75)81-70(69-80-82(76,77)79-67-66-73(3,4)5)68-78-71(74)64-62-60-58-56-54-52-50-48-46-44-27-25-23-21-19-17-15-13-11-9-7-2/h8-11,14-17,20-23,26-28,30-31,33-34,36-37,44,70H,6-7,12-13,18-19,24-25,29,32,35,38-43,45-69H2,1-5H3/p+1/b10-8-,11-9-,16-14-,17-15-,22-20-,23-21-,28-26-,31-30-,34-33-,37-36-,44-27-. The van der Waals surface area contributed by atoms with Gasteiger partial charge in [0.05, 0.1) is 27.7 Å². The van der Waals surface area contributed by atoms with Crippen LogP contribution in [0.5, 0.6) is 0 Å². The molecule has 0 heterocycles. The monoisotopic (exact) mass is 1160 g/mol. The van der Waals surface area contributed by atoms with Crippen molar-refractivity contribution in [1.29, 1.82) is 0 Å². The van der Waals surface area contributed by atoms with Crippen LogP contribution in [0.15, 0.2) is 134 Å². The summed E-state index contributed by atoms with van der Waals surface area (Å²) < 4.78 is 34.7. The Balaban J connectivity index is 4.08. The average molecular weight is 1160 g/mol. The summed E-state index contributed by atoms with van der Waals surface area (Å²) in [6, 6.07) is 0. The van der Waals surface area contributed by atoms with E-state index in [0.29, 0.717) is 17.4 Å². The van der Waals surface area contributed by atoms with Crippen molar-refractivity contribution >= 4 is 19.8 Å². The van der Waals surface area contributed by atoms with E-state index in [1.807, 2.05) is 21.1 Å². The first-order chi connectivity index (χ1) is 40.0. The van der Waals surface area contributed by atoms with Gasteiger partial charge in [0.2, 0.25) is 0 Å². The largest absolute Gasteiger partial charge is 0.472 e. The molecule has 0 rings (SSSR count). The van der Waals surface area contributed by atoms with Crippen molar-refractivity contribution in [2.24, 2.45) is 0 Å². The molecule has 2 unspecified atom stereocenters. The van der Waals surface area contributed by atoms with E-state index in [9.17, 15) is 19.0 Å². The van der Waals surface area contributed by atoms with Gasteiger partial charge >= 0.3 is 19.8 Å². The molecule has 468 valence electrons. The third-order valence-corrected chi connectivity index (χ3v) is 14.7. The first kappa shape index (κ1) is 78.1. The zero-order chi connectivity index (χ0) is 59.8. The fraction of sp³-hybridized carbons (Fsp3) is 0.667. The summed E-state index contributed by atoms with van der Waals surface area (Å²) in [6.45, 7) is 4.20. The number of nitrogens with zero attached hydrogens (tertiary/aromatic N) is 1. The molecule has 0 aliphatic heterocycles. The van der Waals surface area contributed by atoms with Crippen LogP contribution < -0.4 is 0 Å². The normalized spacial score (nSPS) is 14.1. The third kappa shape index (κ3) is 65.3. The molecule has 0 aromatic carbocycles. The summed E-state index contributed by atoms with van der Waals surface area (Å²) in [6.07, 6.45) is 89.7. The van der Waals surface area contributed by atoms with E-state index in [2.05, 4.69) is 148 Å². The molecule has 0 bridgehead atoms. The molecule has 2 atom stereocenters. The smallest absolute Gasteiger partial charge is 0.462 e. The molecule has 0 aromatic rings. The van der Waals surface area contributed by atoms with E-state index in [-0.39, 0.29) is 32.0 Å². The van der Waals surface area contributed by atoms with E-state index in [4.69, 9.17) is 18.5 Å². The minimum atomic E-state index is -4.40. The summed E-state index contributed by atoms with van der Waals surface area (Å²) in [5.74, 6) is -0.809. The SMILES string of the molecule is CC/C=C\C/C=C\C/C=C\C/C=C\C/C=C\C/C=C\C/C=C\CCCCCCCCCCCCCCCCCC(=O)OC(COC(=O)CCCCCCCCCC/C=C\C/C=C\C/C=C\C/C=C\CC)COP(=O)(O)OCC[N+](C)(C)C. The number of esters is 2. The topological polar surface area (TPSA) is 108 Å². The van der Waals surface area contributed by atoms with Crippen LogP contribution in [0.3, 0.4) is 0 Å². The minimum absolute atomic E-state index is 0.0248. The molecule has 0 saturated heterocycles. The number of hydrogen-bond donors (Lipinski definition) is 1. The van der Waals surface area contributed by atoms with Crippen LogP contribution in [0.1, 0.15) is 258 Å². The fourth-order valence-corrected chi connectivity index (χ4v) is 9.44. The average Bonchev–Trinajstić information content (AvgIpc) is 3.46. The summed E-state index contributed by atoms with van der Waals surface area (Å²) in [7, 11) is 1.46. The minimum Gasteiger partial charge on any atom is -0.462 e. The molecule has 0 aliphatic carbocycles. The molecule has 10 heteroatoms. The van der Waals surface area contributed by atoms with Crippen LogP contribution in [0.25, 0.3) is 0 Å². The molecule has 0 fully saturated rings. The van der Waals surface area contributed by atoms with E-state index in [1.54, 1.807) is 0 Å². The van der Waals surface area contributed by atoms with Gasteiger partial charge in [0, 0.05) is 12.8 Å². The molecule has 0 amide bonds. The molecular formula is C72H123NO8P+. The Labute approximate surface area is 504 Å². The molecule has 0 radical (unpaired) electrons. The Hall–Kier alpha value is -3.85. The van der Waals surface area contributed by atoms with Crippen molar-refractivity contribution in [3.8, 4) is 0 Å². The first-order valence-corrected chi connectivity index (χ1v) is 34.4. The van der Waals surface area contributed by atoms with Crippen LogP contribution in [0.2, 0.25) is 0 Å². The number of allylic oxidation sites excluding steroid dienone is 22. The van der Waals surface area contributed by atoms with E-state index >= 15 is 0 Å². The number of phosphoric ester groups is 1. The highest BCUT2D eigenvalue weighted by Crippen LogP contribution is 2.43. The number of quaternary nitrogens is 1. The first-order valence-electron chi connectivity index (χ1n) is 32.9. The van der Waals surface area contributed by atoms with Crippen molar-refractivity contribution in [1.82, 2.24) is 0 Å². The summed E-state index contributed by atoms with van der Waals surface area (Å²) in [5, 5.41) is 0. The maximum atomic E-state index is 12.9. The fourth-order valence-electron chi connectivity index (χ4n) is 8.69. The van der Waals surface area contributed by atoms with E-state index in [1.165, 1.54) is 103 Å². The van der Waals surface area contributed by atoms with Gasteiger partial charge in [-0.2, -0.15) is 0 Å². The lowest BCUT2D eigenvalue weighted by Gasteiger charge is -2.24. The number of hydrogen-bond acceptors (Lipinski definition) is 7. The maximum absolute atomic E-state index is 12.9. The highest BCUT2D eigenvalue weighted by atomic mass is 31.2. The second-order valence-electron chi connectivity index (χ2n) is 22.7. The molecule has 0 spiro atoms. The van der Waals surface area contributed by atoms with Crippen molar-refractivity contribution in [3.63, 3.8) is 0 Å².